The average molecular weight is 285 g/mol. The molecule has 1 aromatic heterocycles. The summed E-state index contributed by atoms with van der Waals surface area (Å²) in [5, 5.41) is 15.3. The molecule has 6 nitrogen and oxygen atoms in total. The van der Waals surface area contributed by atoms with Crippen molar-refractivity contribution < 1.29 is 9.90 Å². The fraction of sp³-hybridized carbons (Fsp3) is 0.500. The lowest BCUT2D eigenvalue weighted by Gasteiger charge is -2.34. The van der Waals surface area contributed by atoms with Crippen molar-refractivity contribution in [3.8, 4) is 0 Å². The normalized spacial score (nSPS) is 19.3. The number of hydrogen-bond acceptors (Lipinski definition) is 5. The molecule has 0 bridgehead atoms. The van der Waals surface area contributed by atoms with Gasteiger partial charge in [0.05, 0.1) is 11.6 Å². The van der Waals surface area contributed by atoms with E-state index in [1.165, 1.54) is 0 Å². The zero-order valence-corrected chi connectivity index (χ0v) is 11.4. The summed E-state index contributed by atoms with van der Waals surface area (Å²) >= 11 is 6.17. The van der Waals surface area contributed by atoms with Gasteiger partial charge in [0.25, 0.3) is 0 Å². The molecule has 2 rings (SSSR count). The van der Waals surface area contributed by atoms with Crippen LogP contribution in [0.5, 0.6) is 0 Å². The molecule has 1 aliphatic heterocycles. The number of aliphatic hydroxyl groups excluding tert-OH is 1. The van der Waals surface area contributed by atoms with E-state index in [0.29, 0.717) is 29.5 Å². The Bertz CT molecular complexity index is 469. The van der Waals surface area contributed by atoms with Crippen LogP contribution in [0.4, 0.5) is 5.82 Å². The summed E-state index contributed by atoms with van der Waals surface area (Å²) in [6.07, 6.45) is 1.60. The molecule has 1 atom stereocenters. The van der Waals surface area contributed by atoms with Crippen LogP contribution < -0.4 is 15.5 Å². The van der Waals surface area contributed by atoms with Gasteiger partial charge in [-0.05, 0) is 11.6 Å². The average Bonchev–Trinajstić information content (AvgIpc) is 2.46. The Morgan fingerprint density at radius 2 is 2.53 bits per heavy atom. The zero-order chi connectivity index (χ0) is 13.8. The molecule has 104 valence electrons. The Labute approximate surface area is 116 Å². The fourth-order valence-electron chi connectivity index (χ4n) is 2.08. The van der Waals surface area contributed by atoms with Gasteiger partial charge in [0.1, 0.15) is 11.9 Å². The number of piperazine rings is 1. The van der Waals surface area contributed by atoms with Crippen molar-refractivity contribution in [2.45, 2.75) is 12.6 Å². The summed E-state index contributed by atoms with van der Waals surface area (Å²) in [4.78, 5) is 17.9. The van der Waals surface area contributed by atoms with Crippen LogP contribution in [0.3, 0.4) is 0 Å². The van der Waals surface area contributed by atoms with Gasteiger partial charge in [-0.25, -0.2) is 4.98 Å². The number of hydrogen-bond donors (Lipinski definition) is 3. The number of likely N-dealkylation sites (N-methyl/N-ethyl adjacent to an activating group) is 1. The zero-order valence-electron chi connectivity index (χ0n) is 10.7. The number of nitrogens with zero attached hydrogens (tertiary/aromatic N) is 2. The third kappa shape index (κ3) is 3.15. The van der Waals surface area contributed by atoms with Gasteiger partial charge in [-0.1, -0.05) is 11.6 Å². The SMILES string of the molecule is CNC(=O)C1CN(c2ncc(CO)cc2Cl)CCN1. The molecule has 1 fully saturated rings. The van der Waals surface area contributed by atoms with Crippen LogP contribution in [-0.4, -0.2) is 48.7 Å². The number of carbonyl (C=O) groups is 1. The van der Waals surface area contributed by atoms with E-state index >= 15 is 0 Å². The van der Waals surface area contributed by atoms with Gasteiger partial charge >= 0.3 is 0 Å². The van der Waals surface area contributed by atoms with Crippen LogP contribution in [0, 0.1) is 0 Å². The summed E-state index contributed by atoms with van der Waals surface area (Å²) in [6.45, 7) is 1.86. The van der Waals surface area contributed by atoms with Crippen LogP contribution >= 0.6 is 11.6 Å². The Morgan fingerprint density at radius 1 is 1.74 bits per heavy atom. The number of amides is 1. The highest BCUT2D eigenvalue weighted by Gasteiger charge is 2.26. The van der Waals surface area contributed by atoms with E-state index in [1.807, 2.05) is 4.90 Å². The van der Waals surface area contributed by atoms with Crippen molar-refractivity contribution in [1.29, 1.82) is 0 Å². The first kappa shape index (κ1) is 14.0. The minimum absolute atomic E-state index is 0.0483. The summed E-state index contributed by atoms with van der Waals surface area (Å²) in [5.41, 5.74) is 0.673. The quantitative estimate of drug-likeness (QED) is 0.714. The molecule has 19 heavy (non-hydrogen) atoms. The maximum Gasteiger partial charge on any atom is 0.238 e. The molecular formula is C12H17ClN4O2. The van der Waals surface area contributed by atoms with Crippen molar-refractivity contribution in [2.75, 3.05) is 31.6 Å². The number of pyridine rings is 1. The molecule has 7 heteroatoms. The predicted octanol–water partition coefficient (Wildman–Crippen LogP) is -0.249. The van der Waals surface area contributed by atoms with E-state index < -0.39 is 0 Å². The monoisotopic (exact) mass is 284 g/mol. The number of carbonyl (C=O) groups excluding carboxylic acids is 1. The highest BCUT2D eigenvalue weighted by molar-refractivity contribution is 6.33. The number of halogens is 1. The van der Waals surface area contributed by atoms with Crippen LogP contribution in [-0.2, 0) is 11.4 Å². The molecule has 0 aromatic carbocycles. The lowest BCUT2D eigenvalue weighted by atomic mass is 10.2. The highest BCUT2D eigenvalue weighted by atomic mass is 35.5. The molecule has 0 saturated carbocycles. The number of nitrogens with one attached hydrogen (secondary N) is 2. The van der Waals surface area contributed by atoms with E-state index in [2.05, 4.69) is 15.6 Å². The van der Waals surface area contributed by atoms with E-state index in [-0.39, 0.29) is 18.6 Å². The molecule has 0 aliphatic carbocycles. The summed E-state index contributed by atoms with van der Waals surface area (Å²) in [7, 11) is 1.62. The smallest absolute Gasteiger partial charge is 0.238 e. The minimum Gasteiger partial charge on any atom is -0.392 e. The Balaban J connectivity index is 2.15. The molecule has 1 saturated heterocycles. The molecule has 1 amide bonds. The van der Waals surface area contributed by atoms with Gasteiger partial charge in [0.15, 0.2) is 0 Å². The maximum atomic E-state index is 11.6. The molecule has 3 N–H and O–H groups in total. The van der Waals surface area contributed by atoms with Gasteiger partial charge < -0.3 is 20.6 Å². The van der Waals surface area contributed by atoms with Gasteiger partial charge in [-0.15, -0.1) is 0 Å². The van der Waals surface area contributed by atoms with Crippen molar-refractivity contribution in [1.82, 2.24) is 15.6 Å². The van der Waals surface area contributed by atoms with Crippen molar-refractivity contribution >= 4 is 23.3 Å². The molecule has 1 aliphatic rings. The number of anilines is 1. The number of rotatable bonds is 3. The third-order valence-corrected chi connectivity index (χ3v) is 3.38. The van der Waals surface area contributed by atoms with Crippen molar-refractivity contribution in [2.24, 2.45) is 0 Å². The van der Waals surface area contributed by atoms with Gasteiger partial charge in [-0.2, -0.15) is 0 Å². The van der Waals surface area contributed by atoms with Gasteiger partial charge in [-0.3, -0.25) is 4.79 Å². The molecular weight excluding hydrogens is 268 g/mol. The largest absolute Gasteiger partial charge is 0.392 e. The fourth-order valence-corrected chi connectivity index (χ4v) is 2.39. The van der Waals surface area contributed by atoms with Crippen LogP contribution in [0.2, 0.25) is 5.02 Å². The number of aromatic nitrogens is 1. The second-order valence-electron chi connectivity index (χ2n) is 4.37. The number of aliphatic hydroxyl groups is 1. The first-order valence-electron chi connectivity index (χ1n) is 6.11. The lowest BCUT2D eigenvalue weighted by Crippen LogP contribution is -2.57. The third-order valence-electron chi connectivity index (χ3n) is 3.10. The topological polar surface area (TPSA) is 77.5 Å². The molecule has 2 heterocycles. The summed E-state index contributed by atoms with van der Waals surface area (Å²) in [6, 6.07) is 1.43. The van der Waals surface area contributed by atoms with Crippen molar-refractivity contribution in [3.63, 3.8) is 0 Å². The molecule has 0 spiro atoms. The highest BCUT2D eigenvalue weighted by Crippen LogP contribution is 2.25. The van der Waals surface area contributed by atoms with Gasteiger partial charge in [0.2, 0.25) is 5.91 Å². The molecule has 1 aromatic rings. The standard InChI is InChI=1S/C12H17ClN4O2/c1-14-12(19)10-6-17(3-2-15-10)11-9(13)4-8(7-18)5-16-11/h4-5,10,15,18H,2-3,6-7H2,1H3,(H,14,19). The molecule has 0 radical (unpaired) electrons. The maximum absolute atomic E-state index is 11.6. The Kier molecular flexibility index (Phi) is 4.57. The second kappa shape index (κ2) is 6.18. The first-order valence-corrected chi connectivity index (χ1v) is 6.48. The lowest BCUT2D eigenvalue weighted by molar-refractivity contribution is -0.122. The predicted molar refractivity (Wildman–Crippen MR) is 73.2 cm³/mol. The minimum atomic E-state index is -0.269. The van der Waals surface area contributed by atoms with Gasteiger partial charge in [0, 0.05) is 32.9 Å². The second-order valence-corrected chi connectivity index (χ2v) is 4.78. The Hall–Kier alpha value is -1.37. The van der Waals surface area contributed by atoms with Crippen LogP contribution in [0.15, 0.2) is 12.3 Å². The van der Waals surface area contributed by atoms with E-state index in [1.54, 1.807) is 19.3 Å². The van der Waals surface area contributed by atoms with E-state index in [0.717, 1.165) is 6.54 Å². The van der Waals surface area contributed by atoms with Crippen molar-refractivity contribution in [3.05, 3.63) is 22.8 Å². The van der Waals surface area contributed by atoms with E-state index in [9.17, 15) is 4.79 Å². The van der Waals surface area contributed by atoms with Crippen LogP contribution in [0.1, 0.15) is 5.56 Å². The molecule has 1 unspecified atom stereocenters. The first-order chi connectivity index (χ1) is 9.15. The summed E-state index contributed by atoms with van der Waals surface area (Å²) in [5.74, 6) is 0.599. The summed E-state index contributed by atoms with van der Waals surface area (Å²) < 4.78 is 0. The Morgan fingerprint density at radius 3 is 3.16 bits per heavy atom. The van der Waals surface area contributed by atoms with Crippen LogP contribution in [0.25, 0.3) is 0 Å². The van der Waals surface area contributed by atoms with E-state index in [4.69, 9.17) is 16.7 Å².